The van der Waals surface area contributed by atoms with Gasteiger partial charge >= 0.3 is 5.97 Å². The minimum absolute atomic E-state index is 0.00737. The van der Waals surface area contributed by atoms with E-state index in [0.717, 1.165) is 6.07 Å². The zero-order valence-corrected chi connectivity index (χ0v) is 14.7. The van der Waals surface area contributed by atoms with Crippen molar-refractivity contribution in [1.82, 2.24) is 5.32 Å². The highest BCUT2D eigenvalue weighted by Crippen LogP contribution is 2.27. The molecule has 0 saturated heterocycles. The van der Waals surface area contributed by atoms with Crippen LogP contribution in [0.15, 0.2) is 42.5 Å². The van der Waals surface area contributed by atoms with Crippen LogP contribution in [0.3, 0.4) is 0 Å². The number of anilines is 1. The Labute approximate surface area is 158 Å². The molecule has 146 valence electrons. The normalized spacial score (nSPS) is 10.1. The number of hydrogen-bond donors (Lipinski definition) is 2. The fourth-order valence-electron chi connectivity index (χ4n) is 2.22. The minimum atomic E-state index is -0.904. The topological polar surface area (TPSA) is 128 Å². The fourth-order valence-corrected chi connectivity index (χ4v) is 2.22. The monoisotopic (exact) mass is 389 g/mol. The number of nitro benzene ring substituents is 1. The number of hydrogen-bond acceptors (Lipinski definition) is 6. The largest absolute Gasteiger partial charge is 0.454 e. The van der Waals surface area contributed by atoms with Crippen LogP contribution >= 0.6 is 0 Å². The summed E-state index contributed by atoms with van der Waals surface area (Å²) in [5.74, 6) is -2.96. The number of para-hydroxylation sites is 1. The van der Waals surface area contributed by atoms with Crippen LogP contribution in [0.2, 0.25) is 0 Å². The number of rotatable bonds is 7. The molecule has 28 heavy (non-hydrogen) atoms. The van der Waals surface area contributed by atoms with Crippen molar-refractivity contribution in [3.63, 3.8) is 0 Å². The maximum absolute atomic E-state index is 13.1. The third-order valence-electron chi connectivity index (χ3n) is 3.56. The lowest BCUT2D eigenvalue weighted by atomic mass is 10.1. The summed E-state index contributed by atoms with van der Waals surface area (Å²) >= 11 is 0. The molecule has 2 rings (SSSR count). The van der Waals surface area contributed by atoms with E-state index in [1.54, 1.807) is 13.0 Å². The standard InChI is InChI=1S/C18H16FN3O6/c1-11-4-2-7-14(22(26)27)17(11)21-15(23)10-28-16(24)9-20-18(25)12-5-3-6-13(19)8-12/h2-8H,9-10H2,1H3,(H,20,25)(H,21,23). The molecule has 2 aromatic rings. The third-order valence-corrected chi connectivity index (χ3v) is 3.56. The SMILES string of the molecule is Cc1cccc([N+](=O)[O-])c1NC(=O)COC(=O)CNC(=O)c1cccc(F)c1. The van der Waals surface area contributed by atoms with Crippen LogP contribution in [0, 0.1) is 22.9 Å². The highest BCUT2D eigenvalue weighted by Gasteiger charge is 2.18. The predicted molar refractivity (Wildman–Crippen MR) is 96.2 cm³/mol. The van der Waals surface area contributed by atoms with E-state index in [2.05, 4.69) is 10.6 Å². The molecule has 0 aliphatic heterocycles. The molecule has 0 aliphatic rings. The maximum atomic E-state index is 13.1. The van der Waals surface area contributed by atoms with Crippen LogP contribution in [0.4, 0.5) is 15.8 Å². The average Bonchev–Trinajstić information content (AvgIpc) is 2.65. The van der Waals surface area contributed by atoms with Crippen molar-refractivity contribution in [3.8, 4) is 0 Å². The summed E-state index contributed by atoms with van der Waals surface area (Å²) < 4.78 is 17.8. The van der Waals surface area contributed by atoms with Crippen molar-refractivity contribution in [2.75, 3.05) is 18.5 Å². The maximum Gasteiger partial charge on any atom is 0.325 e. The van der Waals surface area contributed by atoms with Gasteiger partial charge < -0.3 is 15.4 Å². The molecule has 0 heterocycles. The summed E-state index contributed by atoms with van der Waals surface area (Å²) in [6.45, 7) is 0.351. The highest BCUT2D eigenvalue weighted by molar-refractivity contribution is 5.97. The van der Waals surface area contributed by atoms with Gasteiger partial charge in [-0.2, -0.15) is 0 Å². The zero-order chi connectivity index (χ0) is 20.7. The summed E-state index contributed by atoms with van der Waals surface area (Å²) in [7, 11) is 0. The number of amides is 2. The van der Waals surface area contributed by atoms with Crippen LogP contribution in [-0.2, 0) is 14.3 Å². The summed E-state index contributed by atoms with van der Waals surface area (Å²) in [6, 6.07) is 9.17. The van der Waals surface area contributed by atoms with E-state index in [-0.39, 0.29) is 16.9 Å². The number of aryl methyl sites for hydroxylation is 1. The lowest BCUT2D eigenvalue weighted by Gasteiger charge is -2.10. The van der Waals surface area contributed by atoms with Gasteiger partial charge in [-0.25, -0.2) is 4.39 Å². The van der Waals surface area contributed by atoms with E-state index in [1.807, 2.05) is 0 Å². The number of carbonyl (C=O) groups excluding carboxylic acids is 3. The van der Waals surface area contributed by atoms with Crippen molar-refractivity contribution in [3.05, 3.63) is 69.5 Å². The Balaban J connectivity index is 1.84. The molecule has 0 atom stereocenters. The second-order valence-electron chi connectivity index (χ2n) is 5.63. The highest BCUT2D eigenvalue weighted by atomic mass is 19.1. The molecule has 2 aromatic carbocycles. The van der Waals surface area contributed by atoms with Crippen LogP contribution < -0.4 is 10.6 Å². The van der Waals surface area contributed by atoms with Gasteiger partial charge in [-0.15, -0.1) is 0 Å². The number of esters is 1. The smallest absolute Gasteiger partial charge is 0.325 e. The minimum Gasteiger partial charge on any atom is -0.454 e. The molecule has 2 N–H and O–H groups in total. The van der Waals surface area contributed by atoms with E-state index >= 15 is 0 Å². The molecule has 0 saturated carbocycles. The first-order chi connectivity index (χ1) is 13.3. The van der Waals surface area contributed by atoms with Crippen molar-refractivity contribution in [2.45, 2.75) is 6.92 Å². The predicted octanol–water partition coefficient (Wildman–Crippen LogP) is 1.95. The summed E-state index contributed by atoms with van der Waals surface area (Å²) in [6.07, 6.45) is 0. The van der Waals surface area contributed by atoms with Gasteiger partial charge in [0.15, 0.2) is 6.61 Å². The van der Waals surface area contributed by atoms with E-state index in [4.69, 9.17) is 4.74 Å². The summed E-state index contributed by atoms with van der Waals surface area (Å²) in [5.41, 5.74) is 0.212. The Morgan fingerprint density at radius 3 is 2.57 bits per heavy atom. The first-order valence-electron chi connectivity index (χ1n) is 8.01. The molecule has 0 fully saturated rings. The second kappa shape index (κ2) is 9.21. The van der Waals surface area contributed by atoms with Gasteiger partial charge in [-0.1, -0.05) is 18.2 Å². The number of nitro groups is 1. The molecule has 2 amide bonds. The van der Waals surface area contributed by atoms with Crippen molar-refractivity contribution in [1.29, 1.82) is 0 Å². The van der Waals surface area contributed by atoms with Gasteiger partial charge in [-0.05, 0) is 30.7 Å². The Bertz CT molecular complexity index is 931. The summed E-state index contributed by atoms with van der Waals surface area (Å²) in [5, 5.41) is 15.6. The molecule has 0 spiro atoms. The van der Waals surface area contributed by atoms with Crippen molar-refractivity contribution in [2.24, 2.45) is 0 Å². The lowest BCUT2D eigenvalue weighted by Crippen LogP contribution is -2.32. The van der Waals surface area contributed by atoms with Gasteiger partial charge in [0, 0.05) is 11.6 Å². The molecule has 0 radical (unpaired) electrons. The van der Waals surface area contributed by atoms with Gasteiger partial charge in [0.2, 0.25) is 0 Å². The quantitative estimate of drug-likeness (QED) is 0.423. The van der Waals surface area contributed by atoms with Crippen LogP contribution in [0.5, 0.6) is 0 Å². The molecule has 10 heteroatoms. The van der Waals surface area contributed by atoms with Crippen LogP contribution in [0.1, 0.15) is 15.9 Å². The number of halogens is 1. The van der Waals surface area contributed by atoms with E-state index < -0.39 is 41.7 Å². The van der Waals surface area contributed by atoms with Gasteiger partial charge in [-0.3, -0.25) is 24.5 Å². The van der Waals surface area contributed by atoms with Gasteiger partial charge in [0.25, 0.3) is 17.5 Å². The Morgan fingerprint density at radius 1 is 1.18 bits per heavy atom. The number of nitrogens with zero attached hydrogens (tertiary/aromatic N) is 1. The second-order valence-corrected chi connectivity index (χ2v) is 5.63. The number of benzene rings is 2. The van der Waals surface area contributed by atoms with Crippen LogP contribution in [0.25, 0.3) is 0 Å². The van der Waals surface area contributed by atoms with E-state index in [9.17, 15) is 28.9 Å². The average molecular weight is 389 g/mol. The molecule has 0 aliphatic carbocycles. The Hall–Kier alpha value is -3.82. The molecule has 0 bridgehead atoms. The molecule has 0 unspecified atom stereocenters. The number of nitrogens with one attached hydrogen (secondary N) is 2. The van der Waals surface area contributed by atoms with Crippen LogP contribution in [-0.4, -0.2) is 35.9 Å². The molecular formula is C18H16FN3O6. The molecular weight excluding hydrogens is 373 g/mol. The van der Waals surface area contributed by atoms with E-state index in [0.29, 0.717) is 5.56 Å². The van der Waals surface area contributed by atoms with Gasteiger partial charge in [0.05, 0.1) is 4.92 Å². The lowest BCUT2D eigenvalue weighted by molar-refractivity contribution is -0.384. The van der Waals surface area contributed by atoms with Gasteiger partial charge in [0.1, 0.15) is 18.0 Å². The summed E-state index contributed by atoms with van der Waals surface area (Å²) in [4.78, 5) is 45.7. The molecule has 9 nitrogen and oxygen atoms in total. The third kappa shape index (κ3) is 5.59. The fraction of sp³-hybridized carbons (Fsp3) is 0.167. The molecule has 0 aromatic heterocycles. The Morgan fingerprint density at radius 2 is 1.89 bits per heavy atom. The first kappa shape index (κ1) is 20.5. The zero-order valence-electron chi connectivity index (χ0n) is 14.7. The van der Waals surface area contributed by atoms with E-state index in [1.165, 1.54) is 30.3 Å². The Kier molecular flexibility index (Phi) is 6.74. The number of ether oxygens (including phenoxy) is 1. The first-order valence-corrected chi connectivity index (χ1v) is 8.01. The number of carbonyl (C=O) groups is 3. The van der Waals surface area contributed by atoms with Crippen molar-refractivity contribution >= 4 is 29.2 Å². The van der Waals surface area contributed by atoms with Crippen molar-refractivity contribution < 1.29 is 28.4 Å².